The minimum atomic E-state index is 0.354. The molecule has 0 aliphatic heterocycles. The van der Waals surface area contributed by atoms with Gasteiger partial charge in [-0.2, -0.15) is 0 Å². The van der Waals surface area contributed by atoms with Crippen LogP contribution < -0.4 is 0 Å². The van der Waals surface area contributed by atoms with E-state index >= 15 is 0 Å². The highest BCUT2D eigenvalue weighted by molar-refractivity contribution is 7.71. The molecule has 1 saturated carbocycles. The minimum Gasteiger partial charge on any atom is -0.331 e. The lowest BCUT2D eigenvalue weighted by atomic mass is 10.0. The van der Waals surface area contributed by atoms with E-state index < -0.39 is 0 Å². The smallest absolute Gasteiger partial charge is 0.178 e. The van der Waals surface area contributed by atoms with E-state index in [0.717, 1.165) is 27.4 Å². The molecule has 1 aliphatic carbocycles. The van der Waals surface area contributed by atoms with Crippen LogP contribution in [0.25, 0.3) is 11.0 Å². The van der Waals surface area contributed by atoms with Crippen LogP contribution in [0.4, 0.5) is 0 Å². The second-order valence-corrected chi connectivity index (χ2v) is 7.47. The molecule has 2 aromatic rings. The number of nitrogens with zero attached hydrogens (tertiary/aromatic N) is 1. The number of H-pyrrole nitrogens is 1. The standard InChI is InChI=1S/C15H19ClN2S/c1-14(2)11(15(14,3)4)8-18-12-9(16)6-5-7-10(12)17-13(18)19/h5-7,11H,8H2,1-4H3,(H,17,19). The molecule has 0 saturated heterocycles. The molecule has 2 nitrogen and oxygen atoms in total. The molecule has 102 valence electrons. The molecular weight excluding hydrogens is 276 g/mol. The van der Waals surface area contributed by atoms with Crippen LogP contribution in [0, 0.1) is 21.5 Å². The number of aromatic amines is 1. The van der Waals surface area contributed by atoms with E-state index in [0.29, 0.717) is 16.7 Å². The van der Waals surface area contributed by atoms with Crippen LogP contribution in [-0.2, 0) is 6.54 Å². The zero-order valence-electron chi connectivity index (χ0n) is 11.7. The van der Waals surface area contributed by atoms with Crippen molar-refractivity contribution in [3.63, 3.8) is 0 Å². The number of hydrogen-bond donors (Lipinski definition) is 1. The molecule has 0 spiro atoms. The number of hydrogen-bond acceptors (Lipinski definition) is 1. The second-order valence-electron chi connectivity index (χ2n) is 6.67. The number of aromatic nitrogens is 2. The van der Waals surface area contributed by atoms with Gasteiger partial charge in [-0.15, -0.1) is 0 Å². The van der Waals surface area contributed by atoms with E-state index in [4.69, 9.17) is 23.8 Å². The number of fused-ring (bicyclic) bond motifs is 1. The molecule has 0 atom stereocenters. The van der Waals surface area contributed by atoms with Gasteiger partial charge in [-0.25, -0.2) is 0 Å². The van der Waals surface area contributed by atoms with Crippen LogP contribution in [-0.4, -0.2) is 9.55 Å². The van der Waals surface area contributed by atoms with Crippen molar-refractivity contribution in [3.8, 4) is 0 Å². The Kier molecular flexibility index (Phi) is 2.68. The third kappa shape index (κ3) is 1.71. The lowest BCUT2D eigenvalue weighted by molar-refractivity contribution is 0.457. The van der Waals surface area contributed by atoms with Crippen molar-refractivity contribution in [1.29, 1.82) is 0 Å². The number of rotatable bonds is 2. The molecule has 0 amide bonds. The van der Waals surface area contributed by atoms with E-state index in [1.54, 1.807) is 0 Å². The zero-order chi connectivity index (χ0) is 14.0. The summed E-state index contributed by atoms with van der Waals surface area (Å²) < 4.78 is 2.93. The van der Waals surface area contributed by atoms with Crippen LogP contribution >= 0.6 is 23.8 Å². The molecule has 4 heteroatoms. The van der Waals surface area contributed by atoms with E-state index in [2.05, 4.69) is 37.2 Å². The summed E-state index contributed by atoms with van der Waals surface area (Å²) in [5.41, 5.74) is 2.76. The molecule has 3 rings (SSSR count). The monoisotopic (exact) mass is 294 g/mol. The number of halogens is 1. The van der Waals surface area contributed by atoms with Crippen LogP contribution in [0.15, 0.2) is 18.2 Å². The highest BCUT2D eigenvalue weighted by Crippen LogP contribution is 2.69. The molecule has 1 aliphatic rings. The molecule has 1 aromatic heterocycles. The molecule has 0 bridgehead atoms. The maximum atomic E-state index is 6.33. The largest absolute Gasteiger partial charge is 0.331 e. The molecular formula is C15H19ClN2S. The van der Waals surface area contributed by atoms with Crippen molar-refractivity contribution in [1.82, 2.24) is 9.55 Å². The van der Waals surface area contributed by atoms with Gasteiger partial charge in [0.05, 0.1) is 16.1 Å². The first-order valence-electron chi connectivity index (χ1n) is 6.64. The van der Waals surface area contributed by atoms with Crippen molar-refractivity contribution in [2.45, 2.75) is 34.2 Å². The lowest BCUT2D eigenvalue weighted by Crippen LogP contribution is -2.04. The summed E-state index contributed by atoms with van der Waals surface area (Å²) >= 11 is 11.8. The van der Waals surface area contributed by atoms with E-state index in [1.807, 2.05) is 18.2 Å². The third-order valence-corrected chi connectivity index (χ3v) is 6.06. The summed E-state index contributed by atoms with van der Waals surface area (Å²) in [4.78, 5) is 3.25. The molecule has 1 N–H and O–H groups in total. The van der Waals surface area contributed by atoms with Crippen LogP contribution in [0.1, 0.15) is 27.7 Å². The normalized spacial score (nSPS) is 20.9. The number of nitrogens with one attached hydrogen (secondary N) is 1. The van der Waals surface area contributed by atoms with E-state index in [-0.39, 0.29) is 0 Å². The Hall–Kier alpha value is -0.800. The number of benzene rings is 1. The minimum absolute atomic E-state index is 0.354. The SMILES string of the molecule is CC1(C)C(Cn2c(=S)[nH]c3cccc(Cl)c32)C1(C)C. The van der Waals surface area contributed by atoms with Crippen molar-refractivity contribution in [2.75, 3.05) is 0 Å². The van der Waals surface area contributed by atoms with Crippen molar-refractivity contribution >= 4 is 34.9 Å². The van der Waals surface area contributed by atoms with Crippen molar-refractivity contribution < 1.29 is 0 Å². The van der Waals surface area contributed by atoms with Gasteiger partial charge in [-0.1, -0.05) is 45.4 Å². The van der Waals surface area contributed by atoms with Gasteiger partial charge in [0, 0.05) is 6.54 Å². The Morgan fingerprint density at radius 2 is 1.89 bits per heavy atom. The Balaban J connectivity index is 2.08. The van der Waals surface area contributed by atoms with E-state index in [9.17, 15) is 0 Å². The van der Waals surface area contributed by atoms with Gasteiger partial charge in [0.25, 0.3) is 0 Å². The fraction of sp³-hybridized carbons (Fsp3) is 0.533. The Bertz CT molecular complexity index is 694. The van der Waals surface area contributed by atoms with Crippen molar-refractivity contribution in [3.05, 3.63) is 28.0 Å². The average molecular weight is 295 g/mol. The average Bonchev–Trinajstić information content (AvgIpc) is 2.58. The number of para-hydroxylation sites is 1. The summed E-state index contributed by atoms with van der Waals surface area (Å²) in [6, 6.07) is 5.90. The van der Waals surface area contributed by atoms with Gasteiger partial charge in [-0.05, 0) is 41.1 Å². The van der Waals surface area contributed by atoms with E-state index in [1.165, 1.54) is 0 Å². The molecule has 1 aromatic carbocycles. The Morgan fingerprint density at radius 1 is 1.26 bits per heavy atom. The molecule has 19 heavy (non-hydrogen) atoms. The van der Waals surface area contributed by atoms with Gasteiger partial charge < -0.3 is 9.55 Å². The Labute approximate surface area is 123 Å². The fourth-order valence-electron chi connectivity index (χ4n) is 3.32. The molecule has 0 radical (unpaired) electrons. The predicted octanol–water partition coefficient (Wildman–Crippen LogP) is 5.03. The summed E-state index contributed by atoms with van der Waals surface area (Å²) in [6.07, 6.45) is 0. The van der Waals surface area contributed by atoms with Gasteiger partial charge in [0.1, 0.15) is 0 Å². The lowest BCUT2D eigenvalue weighted by Gasteiger charge is -2.07. The van der Waals surface area contributed by atoms with Gasteiger partial charge in [-0.3, -0.25) is 0 Å². The summed E-state index contributed by atoms with van der Waals surface area (Å²) in [5.74, 6) is 0.627. The first kappa shape index (κ1) is 13.2. The molecule has 0 unspecified atom stereocenters. The summed E-state index contributed by atoms with van der Waals surface area (Å²) in [5, 5.41) is 0.765. The maximum Gasteiger partial charge on any atom is 0.178 e. The second kappa shape index (κ2) is 3.86. The zero-order valence-corrected chi connectivity index (χ0v) is 13.3. The predicted molar refractivity (Wildman–Crippen MR) is 83.2 cm³/mol. The summed E-state index contributed by atoms with van der Waals surface area (Å²) in [7, 11) is 0. The topological polar surface area (TPSA) is 20.7 Å². The fourth-order valence-corrected chi connectivity index (χ4v) is 3.87. The molecule has 1 heterocycles. The maximum absolute atomic E-state index is 6.33. The quantitative estimate of drug-likeness (QED) is 0.770. The van der Waals surface area contributed by atoms with Gasteiger partial charge >= 0.3 is 0 Å². The van der Waals surface area contributed by atoms with Gasteiger partial charge in [0.2, 0.25) is 0 Å². The van der Waals surface area contributed by atoms with Gasteiger partial charge in [0.15, 0.2) is 4.77 Å². The van der Waals surface area contributed by atoms with Crippen LogP contribution in [0.3, 0.4) is 0 Å². The highest BCUT2D eigenvalue weighted by atomic mass is 35.5. The van der Waals surface area contributed by atoms with Crippen molar-refractivity contribution in [2.24, 2.45) is 16.7 Å². The third-order valence-electron chi connectivity index (χ3n) is 5.43. The molecule has 1 fully saturated rings. The van der Waals surface area contributed by atoms with Crippen LogP contribution in [0.2, 0.25) is 5.02 Å². The Morgan fingerprint density at radius 3 is 2.47 bits per heavy atom. The van der Waals surface area contributed by atoms with Crippen LogP contribution in [0.5, 0.6) is 0 Å². The summed E-state index contributed by atoms with van der Waals surface area (Å²) in [6.45, 7) is 10.3. The first-order chi connectivity index (χ1) is 8.76. The highest BCUT2D eigenvalue weighted by Gasteiger charge is 2.64. The number of imidazole rings is 1. The first-order valence-corrected chi connectivity index (χ1v) is 7.42.